The van der Waals surface area contributed by atoms with Crippen LogP contribution in [0.4, 0.5) is 0 Å². The maximum atomic E-state index is 6.34. The second kappa shape index (κ2) is 5.57. The Balaban J connectivity index is 1.83. The second-order valence-electron chi connectivity index (χ2n) is 7.57. The van der Waals surface area contributed by atoms with Gasteiger partial charge in [0.05, 0.1) is 12.1 Å². The smallest absolute Gasteiger partial charge is 0.192 e. The number of nitrogens with zero attached hydrogens (tertiary/aromatic N) is 2. The van der Waals surface area contributed by atoms with Gasteiger partial charge in [0.25, 0.3) is 0 Å². The van der Waals surface area contributed by atoms with Gasteiger partial charge in [-0.1, -0.05) is 39.5 Å². The first-order valence-corrected chi connectivity index (χ1v) is 8.73. The number of hydrogen-bond acceptors (Lipinski definition) is 3. The van der Waals surface area contributed by atoms with Crippen LogP contribution in [0.2, 0.25) is 0 Å². The van der Waals surface area contributed by atoms with Crippen LogP contribution < -0.4 is 5.73 Å². The third-order valence-electron chi connectivity index (χ3n) is 6.17. The van der Waals surface area contributed by atoms with E-state index in [-0.39, 0.29) is 5.54 Å². The zero-order valence-corrected chi connectivity index (χ0v) is 13.3. The lowest BCUT2D eigenvalue weighted by Gasteiger charge is -2.51. The molecule has 1 aliphatic heterocycles. The van der Waals surface area contributed by atoms with Crippen molar-refractivity contribution in [1.82, 2.24) is 4.90 Å². The van der Waals surface area contributed by atoms with Crippen molar-refractivity contribution in [3.63, 3.8) is 0 Å². The molecule has 0 aromatic rings. The van der Waals surface area contributed by atoms with E-state index in [1.807, 2.05) is 0 Å². The molecule has 114 valence electrons. The van der Waals surface area contributed by atoms with Gasteiger partial charge in [0, 0.05) is 6.04 Å². The summed E-state index contributed by atoms with van der Waals surface area (Å²) in [5.41, 5.74) is 6.59. The average Bonchev–Trinajstić information content (AvgIpc) is 2.62. The Morgan fingerprint density at radius 2 is 1.80 bits per heavy atom. The predicted molar refractivity (Wildman–Crippen MR) is 84.7 cm³/mol. The summed E-state index contributed by atoms with van der Waals surface area (Å²) in [6.07, 6.45) is 12.2. The zero-order valence-electron chi connectivity index (χ0n) is 13.3. The average molecular weight is 277 g/mol. The Labute approximate surface area is 124 Å². The van der Waals surface area contributed by atoms with E-state index in [1.165, 1.54) is 57.8 Å². The molecule has 2 fully saturated rings. The van der Waals surface area contributed by atoms with Crippen LogP contribution in [0.5, 0.6) is 0 Å². The van der Waals surface area contributed by atoms with Crippen LogP contribution in [0.1, 0.15) is 71.6 Å². The Kier molecular flexibility index (Phi) is 3.96. The number of rotatable bonds is 1. The molecule has 0 amide bonds. The van der Waals surface area contributed by atoms with E-state index >= 15 is 0 Å². The first-order chi connectivity index (χ1) is 9.63. The maximum Gasteiger partial charge on any atom is 0.192 e. The van der Waals surface area contributed by atoms with Crippen LogP contribution >= 0.6 is 0 Å². The molecule has 0 saturated heterocycles. The van der Waals surface area contributed by atoms with Crippen molar-refractivity contribution >= 4 is 5.96 Å². The molecule has 2 N–H and O–H groups in total. The van der Waals surface area contributed by atoms with E-state index in [1.54, 1.807) is 0 Å². The summed E-state index contributed by atoms with van der Waals surface area (Å²) in [5.74, 6) is 2.44. The van der Waals surface area contributed by atoms with Crippen molar-refractivity contribution < 1.29 is 0 Å². The molecule has 3 rings (SSSR count). The third kappa shape index (κ3) is 2.33. The topological polar surface area (TPSA) is 41.6 Å². The fourth-order valence-electron chi connectivity index (χ4n) is 4.94. The molecule has 3 unspecified atom stereocenters. The van der Waals surface area contributed by atoms with E-state index in [2.05, 4.69) is 18.7 Å². The van der Waals surface area contributed by atoms with Gasteiger partial charge in [-0.3, -0.25) is 4.99 Å². The third-order valence-corrected chi connectivity index (χ3v) is 6.17. The van der Waals surface area contributed by atoms with E-state index in [0.717, 1.165) is 24.3 Å². The van der Waals surface area contributed by atoms with Gasteiger partial charge in [-0.15, -0.1) is 0 Å². The summed E-state index contributed by atoms with van der Waals surface area (Å²) in [4.78, 5) is 7.29. The lowest BCUT2D eigenvalue weighted by molar-refractivity contribution is 0.0320. The van der Waals surface area contributed by atoms with Crippen molar-refractivity contribution in [1.29, 1.82) is 0 Å². The molecular formula is C17H31N3. The summed E-state index contributed by atoms with van der Waals surface area (Å²) < 4.78 is 0. The normalized spacial score (nSPS) is 39.9. The highest BCUT2D eigenvalue weighted by atomic mass is 15.4. The predicted octanol–water partition coefficient (Wildman–Crippen LogP) is 3.53. The minimum atomic E-state index is 0.256. The molecular weight excluding hydrogens is 246 g/mol. The molecule has 3 atom stereocenters. The van der Waals surface area contributed by atoms with Crippen LogP contribution in [0.15, 0.2) is 4.99 Å². The van der Waals surface area contributed by atoms with Crippen LogP contribution in [0, 0.1) is 11.8 Å². The molecule has 0 bridgehead atoms. The van der Waals surface area contributed by atoms with Crippen molar-refractivity contribution in [2.75, 3.05) is 6.54 Å². The van der Waals surface area contributed by atoms with E-state index in [0.29, 0.717) is 6.04 Å². The molecule has 3 nitrogen and oxygen atoms in total. The van der Waals surface area contributed by atoms with Gasteiger partial charge < -0.3 is 10.6 Å². The molecule has 20 heavy (non-hydrogen) atoms. The quantitative estimate of drug-likeness (QED) is 0.745. The first kappa shape index (κ1) is 14.2. The summed E-state index contributed by atoms with van der Waals surface area (Å²) in [6, 6.07) is 0.652. The number of aliphatic imine (C=N–C) groups is 1. The standard InChI is InChI=1S/C17H31N3/c1-13-9-10-17(14(2)11-13)12-19-16(18)20(17)15-7-5-3-4-6-8-15/h13-15H,3-12H2,1-2H3,(H2,18,19). The van der Waals surface area contributed by atoms with E-state index < -0.39 is 0 Å². The minimum absolute atomic E-state index is 0.256. The van der Waals surface area contributed by atoms with Crippen LogP contribution in [0.25, 0.3) is 0 Å². The van der Waals surface area contributed by atoms with Gasteiger partial charge >= 0.3 is 0 Å². The number of hydrogen-bond donors (Lipinski definition) is 1. The largest absolute Gasteiger partial charge is 0.370 e. The van der Waals surface area contributed by atoms with E-state index in [4.69, 9.17) is 10.7 Å². The summed E-state index contributed by atoms with van der Waals surface area (Å²) in [6.45, 7) is 5.79. The van der Waals surface area contributed by atoms with Gasteiger partial charge in [-0.05, 0) is 43.9 Å². The molecule has 1 heterocycles. The minimum Gasteiger partial charge on any atom is -0.370 e. The van der Waals surface area contributed by atoms with Crippen molar-refractivity contribution in [3.8, 4) is 0 Å². The number of guanidine groups is 1. The molecule has 3 heteroatoms. The van der Waals surface area contributed by atoms with E-state index in [9.17, 15) is 0 Å². The Bertz CT molecular complexity index is 370. The molecule has 0 radical (unpaired) electrons. The molecule has 3 aliphatic rings. The Morgan fingerprint density at radius 1 is 1.10 bits per heavy atom. The lowest BCUT2D eigenvalue weighted by Crippen LogP contribution is -2.61. The molecule has 2 saturated carbocycles. The van der Waals surface area contributed by atoms with Gasteiger partial charge in [-0.25, -0.2) is 0 Å². The first-order valence-electron chi connectivity index (χ1n) is 8.73. The monoisotopic (exact) mass is 277 g/mol. The lowest BCUT2D eigenvalue weighted by atomic mass is 9.69. The Morgan fingerprint density at radius 3 is 2.45 bits per heavy atom. The zero-order chi connectivity index (χ0) is 14.2. The summed E-state index contributed by atoms with van der Waals surface area (Å²) >= 11 is 0. The maximum absolute atomic E-state index is 6.34. The summed E-state index contributed by atoms with van der Waals surface area (Å²) in [7, 11) is 0. The Hall–Kier alpha value is -0.730. The summed E-state index contributed by atoms with van der Waals surface area (Å²) in [5, 5.41) is 0. The SMILES string of the molecule is CC1CCC2(CN=C(N)N2C2CCCCCC2)C(C)C1. The van der Waals surface area contributed by atoms with Crippen LogP contribution in [-0.2, 0) is 0 Å². The number of nitrogens with two attached hydrogens (primary N) is 1. The fraction of sp³-hybridized carbons (Fsp3) is 0.941. The fourth-order valence-corrected chi connectivity index (χ4v) is 4.94. The highest BCUT2D eigenvalue weighted by molar-refractivity contribution is 5.81. The van der Waals surface area contributed by atoms with Gasteiger partial charge in [0.2, 0.25) is 0 Å². The molecule has 1 spiro atoms. The van der Waals surface area contributed by atoms with Gasteiger partial charge in [-0.2, -0.15) is 0 Å². The second-order valence-corrected chi connectivity index (χ2v) is 7.57. The van der Waals surface area contributed by atoms with Crippen LogP contribution in [0.3, 0.4) is 0 Å². The van der Waals surface area contributed by atoms with Crippen molar-refractivity contribution in [3.05, 3.63) is 0 Å². The molecule has 0 aromatic heterocycles. The molecule has 0 aromatic carbocycles. The van der Waals surface area contributed by atoms with Gasteiger partial charge in [0.15, 0.2) is 5.96 Å². The molecule has 2 aliphatic carbocycles. The highest BCUT2D eigenvalue weighted by Crippen LogP contribution is 2.45. The highest BCUT2D eigenvalue weighted by Gasteiger charge is 2.50. The van der Waals surface area contributed by atoms with Crippen molar-refractivity contribution in [2.24, 2.45) is 22.6 Å². The van der Waals surface area contributed by atoms with Crippen LogP contribution in [-0.4, -0.2) is 29.0 Å². The van der Waals surface area contributed by atoms with Gasteiger partial charge in [0.1, 0.15) is 0 Å². The van der Waals surface area contributed by atoms with Crippen molar-refractivity contribution in [2.45, 2.75) is 83.2 Å².